The van der Waals surface area contributed by atoms with Crippen LogP contribution in [0.4, 0.5) is 0 Å². The van der Waals surface area contributed by atoms with Crippen LogP contribution in [0.2, 0.25) is 5.02 Å². The summed E-state index contributed by atoms with van der Waals surface area (Å²) in [5, 5.41) is 5.70. The molecular formula is C16H19ClN2OS. The Hall–Kier alpha value is -0.970. The maximum Gasteiger partial charge on any atom is 0.244 e. The number of amides is 1. The second-order valence-corrected chi connectivity index (χ2v) is 7.04. The van der Waals surface area contributed by atoms with Gasteiger partial charge in [-0.1, -0.05) is 23.4 Å². The first-order chi connectivity index (χ1) is 10.2. The molecule has 21 heavy (non-hydrogen) atoms. The number of rotatable bonds is 4. The minimum absolute atomic E-state index is 0.00946. The molecule has 3 nitrogen and oxygen atoms in total. The summed E-state index contributed by atoms with van der Waals surface area (Å²) in [5.74, 6) is 0.673. The highest BCUT2D eigenvalue weighted by Crippen LogP contribution is 2.27. The van der Waals surface area contributed by atoms with Crippen molar-refractivity contribution in [3.63, 3.8) is 0 Å². The van der Waals surface area contributed by atoms with E-state index in [9.17, 15) is 4.79 Å². The zero-order chi connectivity index (χ0) is 14.7. The Bertz CT molecular complexity index is 524. The molecule has 0 aliphatic carbocycles. The molecule has 0 aromatic heterocycles. The second-order valence-electron chi connectivity index (χ2n) is 5.63. The smallest absolute Gasteiger partial charge is 0.244 e. The number of hydrogen-bond donors (Lipinski definition) is 1. The zero-order valence-corrected chi connectivity index (χ0v) is 13.4. The minimum Gasteiger partial charge on any atom is -0.348 e. The molecule has 1 N–H and O–H groups in total. The fraction of sp³-hybridized carbons (Fsp3) is 0.438. The number of fused-ring (bicyclic) bond motifs is 3. The van der Waals surface area contributed by atoms with Crippen LogP contribution in [0.25, 0.3) is 0 Å². The van der Waals surface area contributed by atoms with Gasteiger partial charge in [-0.15, -0.1) is 0 Å². The van der Waals surface area contributed by atoms with Crippen molar-refractivity contribution in [1.29, 1.82) is 0 Å². The van der Waals surface area contributed by atoms with Gasteiger partial charge in [-0.25, -0.2) is 0 Å². The highest BCUT2D eigenvalue weighted by Gasteiger charge is 2.34. The number of thioether (sulfide) groups is 1. The minimum atomic E-state index is 0.00946. The molecular weight excluding hydrogens is 304 g/mol. The number of benzene rings is 1. The van der Waals surface area contributed by atoms with Crippen LogP contribution >= 0.6 is 23.4 Å². The summed E-state index contributed by atoms with van der Waals surface area (Å²) >= 11 is 7.36. The van der Waals surface area contributed by atoms with Gasteiger partial charge in [0.25, 0.3) is 0 Å². The predicted octanol–water partition coefficient (Wildman–Crippen LogP) is 3.16. The molecule has 112 valence electrons. The summed E-state index contributed by atoms with van der Waals surface area (Å²) in [6.07, 6.45) is 4.05. The maximum atomic E-state index is 12.0. The highest BCUT2D eigenvalue weighted by molar-refractivity contribution is 8.02. The average Bonchev–Trinajstić information content (AvgIpc) is 2.50. The lowest BCUT2D eigenvalue weighted by Gasteiger charge is -2.44. The zero-order valence-electron chi connectivity index (χ0n) is 11.8. The molecule has 1 amide bonds. The van der Waals surface area contributed by atoms with Crippen LogP contribution < -0.4 is 5.32 Å². The molecule has 3 aliphatic rings. The van der Waals surface area contributed by atoms with Crippen molar-refractivity contribution in [2.75, 3.05) is 19.6 Å². The first kappa shape index (κ1) is 14.9. The molecule has 1 aromatic carbocycles. The summed E-state index contributed by atoms with van der Waals surface area (Å²) < 4.78 is 0. The monoisotopic (exact) mass is 322 g/mol. The first-order valence-electron chi connectivity index (χ1n) is 7.32. The van der Waals surface area contributed by atoms with Gasteiger partial charge in [-0.05, 0) is 61.5 Å². The molecule has 3 saturated heterocycles. The van der Waals surface area contributed by atoms with Gasteiger partial charge in [0, 0.05) is 28.6 Å². The molecule has 2 bridgehead atoms. The topological polar surface area (TPSA) is 32.3 Å². The normalized spacial score (nSPS) is 28.0. The molecule has 1 unspecified atom stereocenters. The summed E-state index contributed by atoms with van der Waals surface area (Å²) in [4.78, 5) is 15.5. The fourth-order valence-electron chi connectivity index (χ4n) is 3.05. The van der Waals surface area contributed by atoms with Crippen LogP contribution in [-0.2, 0) is 4.79 Å². The first-order valence-corrected chi connectivity index (χ1v) is 8.58. The van der Waals surface area contributed by atoms with Gasteiger partial charge >= 0.3 is 0 Å². The Labute approximate surface area is 134 Å². The van der Waals surface area contributed by atoms with Crippen molar-refractivity contribution in [2.45, 2.75) is 23.8 Å². The van der Waals surface area contributed by atoms with E-state index in [2.05, 4.69) is 10.2 Å². The maximum absolute atomic E-state index is 12.0. The molecule has 0 spiro atoms. The van der Waals surface area contributed by atoms with E-state index in [1.165, 1.54) is 37.7 Å². The lowest BCUT2D eigenvalue weighted by atomic mass is 9.84. The molecule has 4 rings (SSSR count). The number of halogens is 1. The molecule has 0 saturated carbocycles. The van der Waals surface area contributed by atoms with Crippen molar-refractivity contribution < 1.29 is 4.79 Å². The van der Waals surface area contributed by atoms with Crippen molar-refractivity contribution >= 4 is 29.3 Å². The fourth-order valence-corrected chi connectivity index (χ4v) is 3.81. The van der Waals surface area contributed by atoms with E-state index in [4.69, 9.17) is 11.6 Å². The van der Waals surface area contributed by atoms with Crippen LogP contribution in [0.3, 0.4) is 0 Å². The number of carbonyl (C=O) groups excluding carboxylic acids is 1. The Morgan fingerprint density at radius 3 is 2.62 bits per heavy atom. The van der Waals surface area contributed by atoms with E-state index in [1.54, 1.807) is 6.08 Å². The molecule has 0 radical (unpaired) electrons. The third-order valence-corrected chi connectivity index (χ3v) is 5.29. The van der Waals surface area contributed by atoms with Crippen molar-refractivity contribution in [3.05, 3.63) is 40.8 Å². The van der Waals surface area contributed by atoms with Crippen molar-refractivity contribution in [2.24, 2.45) is 5.92 Å². The summed E-state index contributed by atoms with van der Waals surface area (Å²) in [5.41, 5.74) is 0. The van der Waals surface area contributed by atoms with E-state index in [1.807, 2.05) is 29.7 Å². The largest absolute Gasteiger partial charge is 0.348 e. The Morgan fingerprint density at radius 2 is 2.00 bits per heavy atom. The van der Waals surface area contributed by atoms with E-state index in [0.29, 0.717) is 12.0 Å². The number of nitrogens with one attached hydrogen (secondary N) is 1. The summed E-state index contributed by atoms with van der Waals surface area (Å²) in [6, 6.07) is 7.92. The molecule has 3 aliphatic heterocycles. The lowest BCUT2D eigenvalue weighted by Crippen LogP contribution is -2.57. The van der Waals surface area contributed by atoms with Gasteiger partial charge in [0.15, 0.2) is 0 Å². The summed E-state index contributed by atoms with van der Waals surface area (Å²) in [7, 11) is 0. The quantitative estimate of drug-likeness (QED) is 0.682. The van der Waals surface area contributed by atoms with E-state index < -0.39 is 0 Å². The molecule has 5 heteroatoms. The number of carbonyl (C=O) groups is 1. The Balaban J connectivity index is 1.47. The molecule has 3 fully saturated rings. The number of hydrogen-bond acceptors (Lipinski definition) is 3. The van der Waals surface area contributed by atoms with E-state index in [-0.39, 0.29) is 5.91 Å². The van der Waals surface area contributed by atoms with Gasteiger partial charge in [0.05, 0.1) is 0 Å². The highest BCUT2D eigenvalue weighted by atomic mass is 35.5. The third kappa shape index (κ3) is 4.02. The van der Waals surface area contributed by atoms with Crippen LogP contribution in [0.1, 0.15) is 12.8 Å². The SMILES string of the molecule is O=C(C=CSc1ccc(Cl)cc1)NC1CN2CCC1CC2. The van der Waals surface area contributed by atoms with Crippen molar-refractivity contribution in [3.8, 4) is 0 Å². The molecule has 1 atom stereocenters. The average molecular weight is 323 g/mol. The number of piperidine rings is 3. The standard InChI is InChI=1S/C16H19ClN2OS/c17-13-1-3-14(4-2-13)21-10-7-16(20)18-15-11-19-8-5-12(15)6-9-19/h1-4,7,10,12,15H,5-6,8-9,11H2,(H,18,20). The van der Waals surface area contributed by atoms with E-state index in [0.717, 1.165) is 16.5 Å². The van der Waals surface area contributed by atoms with Gasteiger partial charge < -0.3 is 10.2 Å². The third-order valence-electron chi connectivity index (χ3n) is 4.22. The molecule has 3 heterocycles. The van der Waals surface area contributed by atoms with Gasteiger partial charge in [-0.2, -0.15) is 0 Å². The predicted molar refractivity (Wildman–Crippen MR) is 87.5 cm³/mol. The van der Waals surface area contributed by atoms with Crippen molar-refractivity contribution in [1.82, 2.24) is 10.2 Å². The lowest BCUT2D eigenvalue weighted by molar-refractivity contribution is -0.118. The Kier molecular flexibility index (Phi) is 4.88. The Morgan fingerprint density at radius 1 is 1.29 bits per heavy atom. The van der Waals surface area contributed by atoms with Crippen LogP contribution in [0, 0.1) is 5.92 Å². The van der Waals surface area contributed by atoms with Crippen LogP contribution in [0.5, 0.6) is 0 Å². The van der Waals surface area contributed by atoms with Crippen LogP contribution in [-0.4, -0.2) is 36.5 Å². The number of nitrogens with zero attached hydrogens (tertiary/aromatic N) is 1. The molecule has 1 aromatic rings. The van der Waals surface area contributed by atoms with Gasteiger partial charge in [0.1, 0.15) is 0 Å². The summed E-state index contributed by atoms with van der Waals surface area (Å²) in [6.45, 7) is 3.40. The van der Waals surface area contributed by atoms with E-state index >= 15 is 0 Å². The van der Waals surface area contributed by atoms with Crippen LogP contribution in [0.15, 0.2) is 40.6 Å². The van der Waals surface area contributed by atoms with Gasteiger partial charge in [-0.3, -0.25) is 4.79 Å². The second kappa shape index (κ2) is 6.86. The van der Waals surface area contributed by atoms with Gasteiger partial charge in [0.2, 0.25) is 5.91 Å².